The minimum absolute atomic E-state index is 0.0153. The van der Waals surface area contributed by atoms with Gasteiger partial charge in [-0.25, -0.2) is 4.79 Å². The highest BCUT2D eigenvalue weighted by atomic mass is 16.5. The summed E-state index contributed by atoms with van der Waals surface area (Å²) in [7, 11) is 1.44. The molecule has 110 valence electrons. The molecular formula is C14H20N2O4. The molecule has 1 aromatic carbocycles. The fourth-order valence-electron chi connectivity index (χ4n) is 1.66. The van der Waals surface area contributed by atoms with Crippen LogP contribution in [0.3, 0.4) is 0 Å². The number of carbonyl (C=O) groups excluding carboxylic acids is 1. The third-order valence-corrected chi connectivity index (χ3v) is 3.27. The second-order valence-corrected chi connectivity index (χ2v) is 4.62. The molecule has 0 fully saturated rings. The van der Waals surface area contributed by atoms with Crippen molar-refractivity contribution in [3.05, 3.63) is 23.8 Å². The Labute approximate surface area is 117 Å². The van der Waals surface area contributed by atoms with Crippen molar-refractivity contribution in [2.45, 2.75) is 26.3 Å². The monoisotopic (exact) mass is 280 g/mol. The molecule has 0 saturated carbocycles. The highest BCUT2D eigenvalue weighted by molar-refractivity contribution is 6.02. The standard InChI is InChI=1S/C14H20N2O4/c1-4-8(2)12(15)13(17)16-11-6-5-9(20-3)7-10(11)14(18)19/h5-8,12H,4,15H2,1-3H3,(H,16,17)(H,18,19). The highest BCUT2D eigenvalue weighted by Gasteiger charge is 2.21. The van der Waals surface area contributed by atoms with E-state index in [1.807, 2.05) is 13.8 Å². The van der Waals surface area contributed by atoms with Gasteiger partial charge in [-0.3, -0.25) is 4.79 Å². The summed E-state index contributed by atoms with van der Waals surface area (Å²) < 4.78 is 4.97. The zero-order valence-corrected chi connectivity index (χ0v) is 11.8. The van der Waals surface area contributed by atoms with Crippen molar-refractivity contribution < 1.29 is 19.4 Å². The molecule has 4 N–H and O–H groups in total. The Morgan fingerprint density at radius 3 is 2.60 bits per heavy atom. The van der Waals surface area contributed by atoms with Gasteiger partial charge in [0.05, 0.1) is 24.4 Å². The topological polar surface area (TPSA) is 102 Å². The number of carboxylic acids is 1. The molecule has 1 rings (SSSR count). The summed E-state index contributed by atoms with van der Waals surface area (Å²) in [4.78, 5) is 23.2. The third kappa shape index (κ3) is 3.71. The number of hydrogen-bond acceptors (Lipinski definition) is 4. The van der Waals surface area contributed by atoms with Crippen LogP contribution in [0.15, 0.2) is 18.2 Å². The van der Waals surface area contributed by atoms with E-state index in [1.54, 1.807) is 6.07 Å². The molecule has 0 bridgehead atoms. The molecule has 2 atom stereocenters. The number of ether oxygens (including phenoxy) is 1. The van der Waals surface area contributed by atoms with Crippen molar-refractivity contribution in [2.24, 2.45) is 11.7 Å². The van der Waals surface area contributed by atoms with Crippen LogP contribution in [0.25, 0.3) is 0 Å². The van der Waals surface area contributed by atoms with Crippen molar-refractivity contribution in [2.75, 3.05) is 12.4 Å². The molecule has 0 spiro atoms. The summed E-state index contributed by atoms with van der Waals surface area (Å²) in [5.74, 6) is -1.11. The van der Waals surface area contributed by atoms with Crippen LogP contribution in [-0.4, -0.2) is 30.1 Å². The molecule has 0 aliphatic carbocycles. The van der Waals surface area contributed by atoms with E-state index in [9.17, 15) is 9.59 Å². The maximum Gasteiger partial charge on any atom is 0.337 e. The molecule has 2 unspecified atom stereocenters. The van der Waals surface area contributed by atoms with Crippen LogP contribution in [0.5, 0.6) is 5.75 Å². The van der Waals surface area contributed by atoms with Crippen molar-refractivity contribution >= 4 is 17.6 Å². The van der Waals surface area contributed by atoms with Crippen LogP contribution in [0.4, 0.5) is 5.69 Å². The van der Waals surface area contributed by atoms with Crippen molar-refractivity contribution in [3.8, 4) is 5.75 Å². The predicted octanol–water partition coefficient (Wildman–Crippen LogP) is 1.71. The molecule has 6 nitrogen and oxygen atoms in total. The Morgan fingerprint density at radius 2 is 2.10 bits per heavy atom. The van der Waals surface area contributed by atoms with Crippen LogP contribution in [-0.2, 0) is 4.79 Å². The van der Waals surface area contributed by atoms with E-state index in [0.717, 1.165) is 6.42 Å². The van der Waals surface area contributed by atoms with E-state index in [1.165, 1.54) is 19.2 Å². The lowest BCUT2D eigenvalue weighted by Crippen LogP contribution is -2.40. The van der Waals surface area contributed by atoms with Crippen molar-refractivity contribution in [1.29, 1.82) is 0 Å². The SMILES string of the molecule is CCC(C)C(N)C(=O)Nc1ccc(OC)cc1C(=O)O. The van der Waals surface area contributed by atoms with E-state index in [2.05, 4.69) is 5.32 Å². The summed E-state index contributed by atoms with van der Waals surface area (Å²) in [5, 5.41) is 11.7. The fraction of sp³-hybridized carbons (Fsp3) is 0.429. The van der Waals surface area contributed by atoms with Gasteiger partial charge >= 0.3 is 5.97 Å². The lowest BCUT2D eigenvalue weighted by molar-refractivity contribution is -0.118. The van der Waals surface area contributed by atoms with Crippen LogP contribution in [0.1, 0.15) is 30.6 Å². The number of nitrogens with one attached hydrogen (secondary N) is 1. The van der Waals surface area contributed by atoms with Crippen molar-refractivity contribution in [1.82, 2.24) is 0 Å². The van der Waals surface area contributed by atoms with Crippen molar-refractivity contribution in [3.63, 3.8) is 0 Å². The molecule has 0 aromatic heterocycles. The lowest BCUT2D eigenvalue weighted by atomic mass is 9.99. The van der Waals surface area contributed by atoms with E-state index in [4.69, 9.17) is 15.6 Å². The highest BCUT2D eigenvalue weighted by Crippen LogP contribution is 2.22. The third-order valence-electron chi connectivity index (χ3n) is 3.27. The maximum atomic E-state index is 12.0. The van der Waals surface area contributed by atoms with Gasteiger partial charge in [-0.2, -0.15) is 0 Å². The summed E-state index contributed by atoms with van der Waals surface area (Å²) >= 11 is 0. The molecule has 0 aliphatic rings. The van der Waals surface area contributed by atoms with Gasteiger partial charge in [0.15, 0.2) is 0 Å². The fourth-order valence-corrected chi connectivity index (χ4v) is 1.66. The minimum Gasteiger partial charge on any atom is -0.497 e. The number of aromatic carboxylic acids is 1. The Kier molecular flexibility index (Phi) is 5.52. The quantitative estimate of drug-likeness (QED) is 0.736. The molecule has 0 heterocycles. The van der Waals surface area contributed by atoms with Gasteiger partial charge in [0.1, 0.15) is 5.75 Å². The average molecular weight is 280 g/mol. The average Bonchev–Trinajstić information content (AvgIpc) is 2.45. The zero-order chi connectivity index (χ0) is 15.3. The lowest BCUT2D eigenvalue weighted by Gasteiger charge is -2.18. The molecular weight excluding hydrogens is 260 g/mol. The molecule has 1 aromatic rings. The van der Waals surface area contributed by atoms with Crippen LogP contribution < -0.4 is 15.8 Å². The minimum atomic E-state index is -1.14. The van der Waals surface area contributed by atoms with Gasteiger partial charge < -0.3 is 20.9 Å². The summed E-state index contributed by atoms with van der Waals surface area (Å²) in [6.07, 6.45) is 0.767. The van der Waals surface area contributed by atoms with Gasteiger partial charge in [-0.1, -0.05) is 20.3 Å². The predicted molar refractivity (Wildman–Crippen MR) is 76.0 cm³/mol. The molecule has 6 heteroatoms. The normalized spacial score (nSPS) is 13.4. The van der Waals surface area contributed by atoms with E-state index in [-0.39, 0.29) is 17.2 Å². The van der Waals surface area contributed by atoms with E-state index < -0.39 is 17.9 Å². The molecule has 0 saturated heterocycles. The first-order valence-corrected chi connectivity index (χ1v) is 6.38. The maximum absolute atomic E-state index is 12.0. The summed E-state index contributed by atoms with van der Waals surface area (Å²) in [6.45, 7) is 3.81. The van der Waals surface area contributed by atoms with Gasteiger partial charge in [0.2, 0.25) is 5.91 Å². The molecule has 1 amide bonds. The number of amides is 1. The van der Waals surface area contributed by atoms with Gasteiger partial charge in [0, 0.05) is 0 Å². The van der Waals surface area contributed by atoms with Gasteiger partial charge in [0.25, 0.3) is 0 Å². The molecule has 0 aliphatic heterocycles. The Balaban J connectivity index is 2.97. The van der Waals surface area contributed by atoms with E-state index in [0.29, 0.717) is 5.75 Å². The number of benzene rings is 1. The number of methoxy groups -OCH3 is 1. The number of anilines is 1. The number of carboxylic acid groups (broad SMARTS) is 1. The van der Waals surface area contributed by atoms with E-state index >= 15 is 0 Å². The number of hydrogen-bond donors (Lipinski definition) is 3. The van der Waals surface area contributed by atoms with Gasteiger partial charge in [-0.15, -0.1) is 0 Å². The Bertz CT molecular complexity index is 502. The van der Waals surface area contributed by atoms with Crippen LogP contribution in [0.2, 0.25) is 0 Å². The smallest absolute Gasteiger partial charge is 0.337 e. The largest absolute Gasteiger partial charge is 0.497 e. The Hall–Kier alpha value is -2.08. The van der Waals surface area contributed by atoms with Crippen LogP contribution in [0, 0.1) is 5.92 Å². The van der Waals surface area contributed by atoms with Crippen LogP contribution >= 0.6 is 0 Å². The Morgan fingerprint density at radius 1 is 1.45 bits per heavy atom. The second-order valence-electron chi connectivity index (χ2n) is 4.62. The van der Waals surface area contributed by atoms with Gasteiger partial charge in [-0.05, 0) is 24.1 Å². The summed E-state index contributed by atoms with van der Waals surface area (Å²) in [6, 6.07) is 3.75. The first-order chi connectivity index (χ1) is 9.40. The summed E-state index contributed by atoms with van der Waals surface area (Å²) in [5.41, 5.74) is 5.99. The molecule has 0 radical (unpaired) electrons. The number of rotatable bonds is 6. The zero-order valence-electron chi connectivity index (χ0n) is 11.8. The first-order valence-electron chi connectivity index (χ1n) is 6.38. The second kappa shape index (κ2) is 6.91. The first kappa shape index (κ1) is 16.0. The number of carbonyl (C=O) groups is 2. The number of nitrogens with two attached hydrogens (primary N) is 1. The molecule has 20 heavy (non-hydrogen) atoms.